The fourth-order valence-electron chi connectivity index (χ4n) is 2.37. The second-order valence-corrected chi connectivity index (χ2v) is 8.89. The van der Waals surface area contributed by atoms with Crippen molar-refractivity contribution >= 4 is 21.7 Å². The van der Waals surface area contributed by atoms with E-state index in [1.807, 2.05) is 0 Å². The van der Waals surface area contributed by atoms with Crippen LogP contribution in [0.2, 0.25) is 0 Å². The summed E-state index contributed by atoms with van der Waals surface area (Å²) in [5, 5.41) is 16.9. The molecule has 0 amide bonds. The summed E-state index contributed by atoms with van der Waals surface area (Å²) in [5.41, 5.74) is -0.328. The van der Waals surface area contributed by atoms with Crippen LogP contribution in [0.5, 0.6) is 0 Å². The van der Waals surface area contributed by atoms with Crippen LogP contribution >= 0.6 is 0 Å². The maximum Gasteiger partial charge on any atom is 0.270 e. The molecule has 0 saturated carbocycles. The minimum absolute atomic E-state index is 0.0292. The SMILES string of the molecule is CN=C(NCCNS(=O)(=O)c1cccc([N+](=O)[O-])c1)NCC(OC)C(C)(C)C. The molecule has 1 rings (SSSR count). The lowest BCUT2D eigenvalue weighted by Gasteiger charge is -2.30. The molecule has 11 heteroatoms. The van der Waals surface area contributed by atoms with Crippen LogP contribution in [0.15, 0.2) is 34.2 Å². The average Bonchev–Trinajstić information content (AvgIpc) is 2.62. The molecule has 0 aliphatic rings. The molecule has 0 saturated heterocycles. The number of rotatable bonds is 9. The highest BCUT2D eigenvalue weighted by atomic mass is 32.2. The number of methoxy groups -OCH3 is 1. The summed E-state index contributed by atoms with van der Waals surface area (Å²) in [6.45, 7) is 7.12. The number of benzene rings is 1. The van der Waals surface area contributed by atoms with Gasteiger partial charge in [-0.3, -0.25) is 15.1 Å². The molecule has 1 aromatic carbocycles. The third kappa shape index (κ3) is 7.41. The van der Waals surface area contributed by atoms with Crippen molar-refractivity contribution in [1.29, 1.82) is 0 Å². The average molecular weight is 416 g/mol. The predicted molar refractivity (Wildman–Crippen MR) is 108 cm³/mol. The van der Waals surface area contributed by atoms with Gasteiger partial charge in [-0.25, -0.2) is 13.1 Å². The number of sulfonamides is 1. The molecule has 0 bridgehead atoms. The standard InChI is InChI=1S/C17H29N5O5S/c1-17(2,3)15(27-5)12-20-16(18-4)19-9-10-21-28(25,26)14-8-6-7-13(11-14)22(23)24/h6-8,11,15,21H,9-10,12H2,1-5H3,(H2,18,19,20). The molecule has 0 spiro atoms. The first kappa shape index (κ1) is 23.8. The van der Waals surface area contributed by atoms with E-state index in [4.69, 9.17) is 4.74 Å². The zero-order chi connectivity index (χ0) is 21.4. The van der Waals surface area contributed by atoms with Gasteiger partial charge >= 0.3 is 0 Å². The van der Waals surface area contributed by atoms with E-state index in [2.05, 4.69) is 41.1 Å². The minimum Gasteiger partial charge on any atom is -0.379 e. The van der Waals surface area contributed by atoms with Crippen LogP contribution < -0.4 is 15.4 Å². The van der Waals surface area contributed by atoms with Crippen LogP contribution in [0.4, 0.5) is 5.69 Å². The number of nitrogens with zero attached hydrogens (tertiary/aromatic N) is 2. The van der Waals surface area contributed by atoms with Crippen molar-refractivity contribution < 1.29 is 18.1 Å². The highest BCUT2D eigenvalue weighted by molar-refractivity contribution is 7.89. The topological polar surface area (TPSA) is 135 Å². The predicted octanol–water partition coefficient (Wildman–Crippen LogP) is 1.10. The van der Waals surface area contributed by atoms with E-state index < -0.39 is 14.9 Å². The van der Waals surface area contributed by atoms with Crippen molar-refractivity contribution in [3.63, 3.8) is 0 Å². The van der Waals surface area contributed by atoms with E-state index >= 15 is 0 Å². The van der Waals surface area contributed by atoms with Crippen LogP contribution in [0.1, 0.15) is 20.8 Å². The second-order valence-electron chi connectivity index (χ2n) is 7.12. The lowest BCUT2D eigenvalue weighted by Crippen LogP contribution is -2.46. The van der Waals surface area contributed by atoms with Crippen LogP contribution in [0.3, 0.4) is 0 Å². The van der Waals surface area contributed by atoms with E-state index in [1.54, 1.807) is 14.2 Å². The first-order chi connectivity index (χ1) is 13.0. The Bertz CT molecular complexity index is 789. The fraction of sp³-hybridized carbons (Fsp3) is 0.588. The molecule has 0 aliphatic heterocycles. The summed E-state index contributed by atoms with van der Waals surface area (Å²) < 4.78 is 32.4. The summed E-state index contributed by atoms with van der Waals surface area (Å²) in [5.74, 6) is 0.515. The van der Waals surface area contributed by atoms with Crippen molar-refractivity contribution in [3.8, 4) is 0 Å². The minimum atomic E-state index is -3.84. The zero-order valence-corrected chi connectivity index (χ0v) is 17.7. The Balaban J connectivity index is 2.54. The molecule has 28 heavy (non-hydrogen) atoms. The molecular formula is C17H29N5O5S. The number of hydrogen-bond donors (Lipinski definition) is 3. The Hall–Kier alpha value is -2.24. The molecule has 1 unspecified atom stereocenters. The first-order valence-electron chi connectivity index (χ1n) is 8.72. The molecule has 158 valence electrons. The van der Waals surface area contributed by atoms with Crippen molar-refractivity contribution in [2.75, 3.05) is 33.8 Å². The van der Waals surface area contributed by atoms with E-state index in [0.29, 0.717) is 12.5 Å². The van der Waals surface area contributed by atoms with E-state index in [9.17, 15) is 18.5 Å². The summed E-state index contributed by atoms with van der Waals surface area (Å²) >= 11 is 0. The van der Waals surface area contributed by atoms with Crippen LogP contribution in [-0.4, -0.2) is 59.2 Å². The third-order valence-corrected chi connectivity index (χ3v) is 5.44. The van der Waals surface area contributed by atoms with Crippen molar-refractivity contribution in [2.24, 2.45) is 10.4 Å². The molecule has 10 nitrogen and oxygen atoms in total. The maximum atomic E-state index is 12.3. The number of nitrogens with one attached hydrogen (secondary N) is 3. The fourth-order valence-corrected chi connectivity index (χ4v) is 3.44. The zero-order valence-electron chi connectivity index (χ0n) is 16.9. The Kier molecular flexibility index (Phi) is 8.79. The van der Waals surface area contributed by atoms with Gasteiger partial charge in [-0.2, -0.15) is 0 Å². The van der Waals surface area contributed by atoms with E-state index in [1.165, 1.54) is 18.2 Å². The van der Waals surface area contributed by atoms with Gasteiger partial charge in [0.2, 0.25) is 10.0 Å². The van der Waals surface area contributed by atoms with Crippen LogP contribution in [-0.2, 0) is 14.8 Å². The van der Waals surface area contributed by atoms with E-state index in [0.717, 1.165) is 6.07 Å². The third-order valence-electron chi connectivity index (χ3n) is 3.98. The molecule has 0 aliphatic carbocycles. The smallest absolute Gasteiger partial charge is 0.270 e. The molecule has 0 aromatic heterocycles. The molecule has 3 N–H and O–H groups in total. The van der Waals surface area contributed by atoms with Gasteiger partial charge in [-0.1, -0.05) is 26.8 Å². The Morgan fingerprint density at radius 3 is 2.50 bits per heavy atom. The van der Waals surface area contributed by atoms with Gasteiger partial charge in [0.25, 0.3) is 5.69 Å². The van der Waals surface area contributed by atoms with Crippen molar-refractivity contribution in [1.82, 2.24) is 15.4 Å². The summed E-state index contributed by atoms with van der Waals surface area (Å²) in [6, 6.07) is 4.90. The van der Waals surface area contributed by atoms with Gasteiger partial charge in [0, 0.05) is 45.9 Å². The van der Waals surface area contributed by atoms with Gasteiger partial charge in [0.05, 0.1) is 15.9 Å². The van der Waals surface area contributed by atoms with E-state index in [-0.39, 0.29) is 35.2 Å². The Labute approximate surface area is 166 Å². The molecular weight excluding hydrogens is 386 g/mol. The lowest BCUT2D eigenvalue weighted by molar-refractivity contribution is -0.385. The normalized spacial score (nSPS) is 13.8. The van der Waals surface area contributed by atoms with Crippen LogP contribution in [0.25, 0.3) is 0 Å². The monoisotopic (exact) mass is 415 g/mol. The Morgan fingerprint density at radius 2 is 1.96 bits per heavy atom. The largest absolute Gasteiger partial charge is 0.379 e. The van der Waals surface area contributed by atoms with Crippen molar-refractivity contribution in [2.45, 2.75) is 31.8 Å². The molecule has 0 heterocycles. The highest BCUT2D eigenvalue weighted by Crippen LogP contribution is 2.21. The Morgan fingerprint density at radius 1 is 1.29 bits per heavy atom. The molecule has 1 atom stereocenters. The van der Waals surface area contributed by atoms with Gasteiger partial charge < -0.3 is 15.4 Å². The van der Waals surface area contributed by atoms with Crippen molar-refractivity contribution in [3.05, 3.63) is 34.4 Å². The molecule has 1 aromatic rings. The highest BCUT2D eigenvalue weighted by Gasteiger charge is 2.24. The molecule has 0 fully saturated rings. The first-order valence-corrected chi connectivity index (χ1v) is 10.2. The number of hydrogen-bond acceptors (Lipinski definition) is 6. The summed E-state index contributed by atoms with van der Waals surface area (Å²) in [4.78, 5) is 14.1. The van der Waals surface area contributed by atoms with Gasteiger partial charge in [-0.15, -0.1) is 0 Å². The number of aliphatic imine (C=N–C) groups is 1. The lowest BCUT2D eigenvalue weighted by atomic mass is 9.89. The number of non-ortho nitro benzene ring substituents is 1. The number of guanidine groups is 1. The summed E-state index contributed by atoms with van der Waals surface area (Å²) in [7, 11) is -0.583. The van der Waals surface area contributed by atoms with Crippen LogP contribution in [0, 0.1) is 15.5 Å². The maximum absolute atomic E-state index is 12.3. The summed E-state index contributed by atoms with van der Waals surface area (Å²) in [6.07, 6.45) is -0.0292. The van der Waals surface area contributed by atoms with Gasteiger partial charge in [0.1, 0.15) is 0 Å². The quantitative estimate of drug-likeness (QED) is 0.181. The second kappa shape index (κ2) is 10.3. The number of ether oxygens (including phenoxy) is 1. The van der Waals surface area contributed by atoms with Gasteiger partial charge in [-0.05, 0) is 11.5 Å². The number of nitro benzene ring substituents is 1. The molecule has 0 radical (unpaired) electrons. The number of nitro groups is 1. The van der Waals surface area contributed by atoms with Gasteiger partial charge in [0.15, 0.2) is 5.96 Å².